The number of rotatable bonds is 7. The minimum absolute atomic E-state index is 0.121. The summed E-state index contributed by atoms with van der Waals surface area (Å²) < 4.78 is 0. The highest BCUT2D eigenvalue weighted by atomic mass is 16.4. The van der Waals surface area contributed by atoms with Gasteiger partial charge in [-0.05, 0) is 18.8 Å². The van der Waals surface area contributed by atoms with Gasteiger partial charge in [-0.15, -0.1) is 0 Å². The van der Waals surface area contributed by atoms with Crippen molar-refractivity contribution in [1.82, 2.24) is 9.80 Å². The largest absolute Gasteiger partial charge is 0.481 e. The van der Waals surface area contributed by atoms with Crippen LogP contribution in [-0.2, 0) is 9.59 Å². The van der Waals surface area contributed by atoms with Crippen molar-refractivity contribution in [3.05, 3.63) is 0 Å². The lowest BCUT2D eigenvalue weighted by Gasteiger charge is -2.24. The molecule has 110 valence electrons. The molecule has 1 heterocycles. The summed E-state index contributed by atoms with van der Waals surface area (Å²) in [6, 6.07) is 0. The van der Waals surface area contributed by atoms with Crippen molar-refractivity contribution in [1.29, 1.82) is 0 Å². The molecule has 1 aliphatic rings. The summed E-state index contributed by atoms with van der Waals surface area (Å²) in [5.74, 6) is -0.835. The van der Waals surface area contributed by atoms with Crippen LogP contribution in [0.25, 0.3) is 0 Å². The predicted molar refractivity (Wildman–Crippen MR) is 73.9 cm³/mol. The van der Waals surface area contributed by atoms with Crippen LogP contribution in [0.4, 0.5) is 0 Å². The second-order valence-corrected chi connectivity index (χ2v) is 5.50. The van der Waals surface area contributed by atoms with Crippen LogP contribution in [0.15, 0.2) is 0 Å². The third kappa shape index (κ3) is 4.49. The SMILES string of the molecule is CCCN(CCC)C(=O)CN1C[C@@H](C)[C@H](C(=O)O)C1. The first-order valence-electron chi connectivity index (χ1n) is 7.22. The lowest BCUT2D eigenvalue weighted by atomic mass is 9.99. The van der Waals surface area contributed by atoms with Crippen LogP contribution < -0.4 is 0 Å². The van der Waals surface area contributed by atoms with E-state index in [1.165, 1.54) is 0 Å². The Morgan fingerprint density at radius 3 is 2.21 bits per heavy atom. The fourth-order valence-electron chi connectivity index (χ4n) is 2.71. The fourth-order valence-corrected chi connectivity index (χ4v) is 2.71. The average Bonchev–Trinajstić information content (AvgIpc) is 2.70. The molecule has 0 aromatic heterocycles. The van der Waals surface area contributed by atoms with Crippen molar-refractivity contribution < 1.29 is 14.7 Å². The van der Waals surface area contributed by atoms with Crippen molar-refractivity contribution in [3.8, 4) is 0 Å². The summed E-state index contributed by atoms with van der Waals surface area (Å²) in [6.07, 6.45) is 1.92. The molecule has 0 aliphatic carbocycles. The van der Waals surface area contributed by atoms with E-state index >= 15 is 0 Å². The van der Waals surface area contributed by atoms with Crippen LogP contribution >= 0.6 is 0 Å². The Morgan fingerprint density at radius 1 is 1.21 bits per heavy atom. The Bertz CT molecular complexity index is 314. The first-order valence-corrected chi connectivity index (χ1v) is 7.22. The van der Waals surface area contributed by atoms with Crippen LogP contribution in [0.2, 0.25) is 0 Å². The van der Waals surface area contributed by atoms with E-state index in [0.717, 1.165) is 25.9 Å². The zero-order chi connectivity index (χ0) is 14.4. The fraction of sp³-hybridized carbons (Fsp3) is 0.857. The Kier molecular flexibility index (Phi) is 6.28. The van der Waals surface area contributed by atoms with E-state index < -0.39 is 5.97 Å². The summed E-state index contributed by atoms with van der Waals surface area (Å²) >= 11 is 0. The number of likely N-dealkylation sites (tertiary alicyclic amines) is 1. The summed E-state index contributed by atoms with van der Waals surface area (Å²) in [5.41, 5.74) is 0. The summed E-state index contributed by atoms with van der Waals surface area (Å²) in [7, 11) is 0. The Hall–Kier alpha value is -1.10. The Balaban J connectivity index is 2.50. The van der Waals surface area contributed by atoms with E-state index in [4.69, 9.17) is 5.11 Å². The van der Waals surface area contributed by atoms with E-state index in [0.29, 0.717) is 19.6 Å². The number of carboxylic acids is 1. The molecule has 1 aliphatic heterocycles. The van der Waals surface area contributed by atoms with E-state index in [1.54, 1.807) is 0 Å². The summed E-state index contributed by atoms with van der Waals surface area (Å²) in [5, 5.41) is 9.09. The third-order valence-electron chi connectivity index (χ3n) is 3.70. The molecule has 1 rings (SSSR count). The van der Waals surface area contributed by atoms with Gasteiger partial charge < -0.3 is 10.0 Å². The molecule has 2 atom stereocenters. The van der Waals surface area contributed by atoms with E-state index in [1.807, 2.05) is 16.7 Å². The van der Waals surface area contributed by atoms with Crippen LogP contribution in [-0.4, -0.2) is 59.5 Å². The zero-order valence-corrected chi connectivity index (χ0v) is 12.3. The lowest BCUT2D eigenvalue weighted by Crippen LogP contribution is -2.40. The van der Waals surface area contributed by atoms with Crippen LogP contribution in [0.3, 0.4) is 0 Å². The highest BCUT2D eigenvalue weighted by molar-refractivity contribution is 5.78. The number of aliphatic carboxylic acids is 1. The minimum atomic E-state index is -0.749. The van der Waals surface area contributed by atoms with Crippen molar-refractivity contribution in [2.45, 2.75) is 33.6 Å². The number of hydrogen-bond acceptors (Lipinski definition) is 3. The van der Waals surface area contributed by atoms with Crippen molar-refractivity contribution in [2.75, 3.05) is 32.7 Å². The van der Waals surface area contributed by atoms with Gasteiger partial charge in [0.15, 0.2) is 0 Å². The molecule has 19 heavy (non-hydrogen) atoms. The van der Waals surface area contributed by atoms with Crippen LogP contribution in [0.1, 0.15) is 33.6 Å². The quantitative estimate of drug-likeness (QED) is 0.757. The lowest BCUT2D eigenvalue weighted by molar-refractivity contribution is -0.142. The number of carbonyl (C=O) groups is 2. The van der Waals surface area contributed by atoms with Crippen LogP contribution in [0.5, 0.6) is 0 Å². The van der Waals surface area contributed by atoms with Gasteiger partial charge in [-0.3, -0.25) is 14.5 Å². The molecular formula is C14H26N2O3. The second kappa shape index (κ2) is 7.48. The van der Waals surface area contributed by atoms with Gasteiger partial charge in [-0.1, -0.05) is 20.8 Å². The van der Waals surface area contributed by atoms with Crippen LogP contribution in [0, 0.1) is 11.8 Å². The first kappa shape index (κ1) is 16.0. The van der Waals surface area contributed by atoms with Gasteiger partial charge in [0.1, 0.15) is 0 Å². The molecule has 1 N–H and O–H groups in total. The molecule has 0 bridgehead atoms. The summed E-state index contributed by atoms with van der Waals surface area (Å²) in [6.45, 7) is 9.20. The van der Waals surface area contributed by atoms with Crippen molar-refractivity contribution in [3.63, 3.8) is 0 Å². The predicted octanol–water partition coefficient (Wildman–Crippen LogP) is 1.29. The maximum Gasteiger partial charge on any atom is 0.308 e. The van der Waals surface area contributed by atoms with Gasteiger partial charge >= 0.3 is 5.97 Å². The highest BCUT2D eigenvalue weighted by Crippen LogP contribution is 2.22. The Morgan fingerprint density at radius 2 is 1.79 bits per heavy atom. The molecule has 5 nitrogen and oxygen atoms in total. The molecular weight excluding hydrogens is 244 g/mol. The Labute approximate surface area is 115 Å². The number of carbonyl (C=O) groups excluding carboxylic acids is 1. The third-order valence-corrected chi connectivity index (χ3v) is 3.70. The van der Waals surface area contributed by atoms with Crippen molar-refractivity contribution in [2.24, 2.45) is 11.8 Å². The minimum Gasteiger partial charge on any atom is -0.481 e. The number of hydrogen-bond donors (Lipinski definition) is 1. The molecule has 0 aromatic rings. The van der Waals surface area contributed by atoms with Gasteiger partial charge in [0.05, 0.1) is 12.5 Å². The van der Waals surface area contributed by atoms with Gasteiger partial charge in [0, 0.05) is 26.2 Å². The maximum absolute atomic E-state index is 12.2. The molecule has 1 amide bonds. The normalized spacial score (nSPS) is 23.5. The first-order chi connectivity index (χ1) is 8.99. The van der Waals surface area contributed by atoms with Gasteiger partial charge in [0.25, 0.3) is 0 Å². The molecule has 0 saturated carbocycles. The van der Waals surface area contributed by atoms with E-state index in [9.17, 15) is 9.59 Å². The van der Waals surface area contributed by atoms with Gasteiger partial charge in [-0.2, -0.15) is 0 Å². The molecule has 5 heteroatoms. The second-order valence-electron chi connectivity index (χ2n) is 5.50. The standard InChI is InChI=1S/C14H26N2O3/c1-4-6-16(7-5-2)13(17)10-15-8-11(3)12(9-15)14(18)19/h11-12H,4-10H2,1-3H3,(H,18,19)/t11-,12-/m1/s1. The zero-order valence-electron chi connectivity index (χ0n) is 12.3. The number of amides is 1. The smallest absolute Gasteiger partial charge is 0.308 e. The molecule has 0 spiro atoms. The highest BCUT2D eigenvalue weighted by Gasteiger charge is 2.35. The molecule has 0 radical (unpaired) electrons. The molecule has 0 unspecified atom stereocenters. The molecule has 1 saturated heterocycles. The van der Waals surface area contributed by atoms with E-state index in [2.05, 4.69) is 13.8 Å². The summed E-state index contributed by atoms with van der Waals surface area (Å²) in [4.78, 5) is 27.1. The molecule has 0 aromatic carbocycles. The van der Waals surface area contributed by atoms with Gasteiger partial charge in [-0.25, -0.2) is 0 Å². The van der Waals surface area contributed by atoms with Gasteiger partial charge in [0.2, 0.25) is 5.91 Å². The monoisotopic (exact) mass is 270 g/mol. The number of nitrogens with zero attached hydrogens (tertiary/aromatic N) is 2. The topological polar surface area (TPSA) is 60.9 Å². The maximum atomic E-state index is 12.2. The number of carboxylic acid groups (broad SMARTS) is 1. The van der Waals surface area contributed by atoms with E-state index in [-0.39, 0.29) is 17.7 Å². The van der Waals surface area contributed by atoms with Crippen molar-refractivity contribution >= 4 is 11.9 Å². The molecule has 1 fully saturated rings. The average molecular weight is 270 g/mol.